The van der Waals surface area contributed by atoms with Gasteiger partial charge in [-0.3, -0.25) is 4.99 Å². The Bertz CT molecular complexity index is 228. The Morgan fingerprint density at radius 3 is 3.18 bits per heavy atom. The average molecular weight is 153 g/mol. The molecular weight excluding hydrogens is 142 g/mol. The molecule has 0 amide bonds. The first-order chi connectivity index (χ1) is 5.33. The average Bonchev–Trinajstić information content (AvgIpc) is 2.52. The third kappa shape index (κ3) is 2.41. The lowest BCUT2D eigenvalue weighted by Gasteiger charge is -1.92. The lowest BCUT2D eigenvalue weighted by molar-refractivity contribution is 0.412. The second kappa shape index (κ2) is 3.75. The van der Waals surface area contributed by atoms with Crippen molar-refractivity contribution in [2.45, 2.75) is 19.9 Å². The standard InChI is InChI=1S/C7H11N3O/c1-2-7(8)9-5-6-3-4-11-10-6/h3-4H,2,5H2,1H3,(H2,8,9). The van der Waals surface area contributed by atoms with Crippen molar-refractivity contribution in [1.82, 2.24) is 5.16 Å². The normalized spacial score (nSPS) is 11.9. The summed E-state index contributed by atoms with van der Waals surface area (Å²) in [5.41, 5.74) is 6.29. The minimum Gasteiger partial charge on any atom is -0.387 e. The zero-order valence-corrected chi connectivity index (χ0v) is 6.45. The van der Waals surface area contributed by atoms with Gasteiger partial charge >= 0.3 is 0 Å². The molecule has 0 aliphatic rings. The van der Waals surface area contributed by atoms with Gasteiger partial charge in [-0.05, 0) is 0 Å². The highest BCUT2D eigenvalue weighted by Gasteiger charge is 1.93. The summed E-state index contributed by atoms with van der Waals surface area (Å²) in [7, 11) is 0. The van der Waals surface area contributed by atoms with Gasteiger partial charge in [0.2, 0.25) is 0 Å². The molecule has 2 N–H and O–H groups in total. The number of aliphatic imine (C=N–C) groups is 1. The Hall–Kier alpha value is -1.32. The van der Waals surface area contributed by atoms with Gasteiger partial charge in [0.15, 0.2) is 0 Å². The van der Waals surface area contributed by atoms with Gasteiger partial charge in [-0.2, -0.15) is 0 Å². The van der Waals surface area contributed by atoms with Gasteiger partial charge in [-0.25, -0.2) is 0 Å². The van der Waals surface area contributed by atoms with E-state index in [1.807, 2.05) is 6.92 Å². The molecule has 0 aliphatic carbocycles. The molecule has 0 saturated heterocycles. The number of amidine groups is 1. The molecule has 11 heavy (non-hydrogen) atoms. The smallest absolute Gasteiger partial charge is 0.124 e. The van der Waals surface area contributed by atoms with Gasteiger partial charge in [-0.15, -0.1) is 0 Å². The molecule has 1 rings (SSSR count). The van der Waals surface area contributed by atoms with Crippen molar-refractivity contribution >= 4 is 5.84 Å². The van der Waals surface area contributed by atoms with Crippen molar-refractivity contribution in [3.05, 3.63) is 18.0 Å². The summed E-state index contributed by atoms with van der Waals surface area (Å²) in [4.78, 5) is 4.06. The highest BCUT2D eigenvalue weighted by atomic mass is 16.5. The van der Waals surface area contributed by atoms with Crippen LogP contribution in [0.4, 0.5) is 0 Å². The molecule has 0 fully saturated rings. The van der Waals surface area contributed by atoms with Crippen LogP contribution in [0.5, 0.6) is 0 Å². The first kappa shape index (κ1) is 7.78. The Morgan fingerprint density at radius 1 is 1.82 bits per heavy atom. The predicted molar refractivity (Wildman–Crippen MR) is 42.1 cm³/mol. The van der Waals surface area contributed by atoms with Crippen LogP contribution in [0.2, 0.25) is 0 Å². The quantitative estimate of drug-likeness (QED) is 0.519. The molecule has 60 valence electrons. The number of nitrogens with two attached hydrogens (primary N) is 1. The third-order valence-corrected chi connectivity index (χ3v) is 1.30. The van der Waals surface area contributed by atoms with Crippen LogP contribution in [0, 0.1) is 0 Å². The summed E-state index contributed by atoms with van der Waals surface area (Å²) in [6.07, 6.45) is 2.30. The SMILES string of the molecule is CCC(N)=NCc1ccon1. The van der Waals surface area contributed by atoms with Crippen molar-refractivity contribution < 1.29 is 4.52 Å². The maximum Gasteiger partial charge on any atom is 0.124 e. The van der Waals surface area contributed by atoms with E-state index in [0.717, 1.165) is 12.1 Å². The fraction of sp³-hybridized carbons (Fsp3) is 0.429. The first-order valence-electron chi connectivity index (χ1n) is 3.51. The Balaban J connectivity index is 2.45. The largest absolute Gasteiger partial charge is 0.387 e. The Labute approximate surface area is 65.1 Å². The molecule has 0 aliphatic heterocycles. The molecule has 0 saturated carbocycles. The van der Waals surface area contributed by atoms with Crippen molar-refractivity contribution in [2.24, 2.45) is 10.7 Å². The summed E-state index contributed by atoms with van der Waals surface area (Å²) in [6, 6.07) is 1.77. The number of hydrogen-bond acceptors (Lipinski definition) is 3. The predicted octanol–water partition coefficient (Wildman–Crippen LogP) is 0.942. The van der Waals surface area contributed by atoms with Crippen LogP contribution in [-0.2, 0) is 6.54 Å². The van der Waals surface area contributed by atoms with E-state index >= 15 is 0 Å². The van der Waals surface area contributed by atoms with E-state index in [4.69, 9.17) is 5.73 Å². The van der Waals surface area contributed by atoms with E-state index in [2.05, 4.69) is 14.7 Å². The fourth-order valence-corrected chi connectivity index (χ4v) is 0.613. The highest BCUT2D eigenvalue weighted by Crippen LogP contribution is 1.96. The Morgan fingerprint density at radius 2 is 2.64 bits per heavy atom. The van der Waals surface area contributed by atoms with E-state index in [-0.39, 0.29) is 0 Å². The van der Waals surface area contributed by atoms with Gasteiger partial charge in [-0.1, -0.05) is 12.1 Å². The topological polar surface area (TPSA) is 64.4 Å². The maximum atomic E-state index is 5.48. The molecule has 1 aromatic rings. The minimum atomic E-state index is 0.510. The number of aromatic nitrogens is 1. The monoisotopic (exact) mass is 153 g/mol. The molecule has 0 radical (unpaired) electrons. The highest BCUT2D eigenvalue weighted by molar-refractivity contribution is 5.79. The van der Waals surface area contributed by atoms with Crippen molar-refractivity contribution in [3.8, 4) is 0 Å². The Kier molecular flexibility index (Phi) is 2.66. The lowest BCUT2D eigenvalue weighted by Crippen LogP contribution is -2.09. The van der Waals surface area contributed by atoms with E-state index < -0.39 is 0 Å². The van der Waals surface area contributed by atoms with Crippen LogP contribution in [0.15, 0.2) is 21.8 Å². The van der Waals surface area contributed by atoms with Crippen LogP contribution >= 0.6 is 0 Å². The van der Waals surface area contributed by atoms with Gasteiger partial charge in [0.05, 0.1) is 12.4 Å². The molecule has 0 atom stereocenters. The van der Waals surface area contributed by atoms with Gasteiger partial charge < -0.3 is 10.3 Å². The number of nitrogens with zero attached hydrogens (tertiary/aromatic N) is 2. The van der Waals surface area contributed by atoms with Crippen LogP contribution < -0.4 is 5.73 Å². The van der Waals surface area contributed by atoms with Crippen molar-refractivity contribution in [2.75, 3.05) is 0 Å². The molecule has 0 bridgehead atoms. The van der Waals surface area contributed by atoms with Crippen LogP contribution in [0.25, 0.3) is 0 Å². The summed E-state index contributed by atoms with van der Waals surface area (Å²) in [5.74, 6) is 0.646. The summed E-state index contributed by atoms with van der Waals surface area (Å²) in [5, 5.41) is 3.68. The molecule has 0 spiro atoms. The third-order valence-electron chi connectivity index (χ3n) is 1.30. The second-order valence-electron chi connectivity index (χ2n) is 2.15. The zero-order chi connectivity index (χ0) is 8.10. The molecule has 1 heterocycles. The van der Waals surface area contributed by atoms with Crippen LogP contribution in [0.1, 0.15) is 19.0 Å². The molecule has 4 nitrogen and oxygen atoms in total. The van der Waals surface area contributed by atoms with Crippen molar-refractivity contribution in [1.29, 1.82) is 0 Å². The van der Waals surface area contributed by atoms with Crippen LogP contribution in [-0.4, -0.2) is 11.0 Å². The number of rotatable bonds is 3. The first-order valence-corrected chi connectivity index (χ1v) is 3.51. The van der Waals surface area contributed by atoms with E-state index in [9.17, 15) is 0 Å². The maximum absolute atomic E-state index is 5.48. The van der Waals surface area contributed by atoms with E-state index in [1.54, 1.807) is 6.07 Å². The fourth-order valence-electron chi connectivity index (χ4n) is 0.613. The molecular formula is C7H11N3O. The summed E-state index contributed by atoms with van der Waals surface area (Å²) >= 11 is 0. The number of hydrogen-bond donors (Lipinski definition) is 1. The summed E-state index contributed by atoms with van der Waals surface area (Å²) < 4.78 is 4.62. The minimum absolute atomic E-state index is 0.510. The lowest BCUT2D eigenvalue weighted by atomic mass is 10.4. The molecule has 0 unspecified atom stereocenters. The molecule has 0 aromatic carbocycles. The van der Waals surface area contributed by atoms with Gasteiger partial charge in [0, 0.05) is 12.5 Å². The van der Waals surface area contributed by atoms with Gasteiger partial charge in [0.25, 0.3) is 0 Å². The summed E-state index contributed by atoms with van der Waals surface area (Å²) in [6.45, 7) is 2.47. The van der Waals surface area contributed by atoms with Crippen molar-refractivity contribution in [3.63, 3.8) is 0 Å². The molecule has 1 aromatic heterocycles. The van der Waals surface area contributed by atoms with Crippen LogP contribution in [0.3, 0.4) is 0 Å². The zero-order valence-electron chi connectivity index (χ0n) is 6.45. The van der Waals surface area contributed by atoms with E-state index in [1.165, 1.54) is 6.26 Å². The molecule has 4 heteroatoms. The second-order valence-corrected chi connectivity index (χ2v) is 2.15. The van der Waals surface area contributed by atoms with E-state index in [0.29, 0.717) is 12.4 Å². The van der Waals surface area contributed by atoms with Gasteiger partial charge in [0.1, 0.15) is 12.0 Å².